The Morgan fingerprint density at radius 3 is 2.23 bits per heavy atom. The van der Waals surface area contributed by atoms with Crippen LogP contribution in [0.5, 0.6) is 5.75 Å². The third-order valence-corrected chi connectivity index (χ3v) is 4.78. The molecule has 0 saturated carbocycles. The lowest BCUT2D eigenvalue weighted by atomic mass is 10.0. The summed E-state index contributed by atoms with van der Waals surface area (Å²) < 4.78 is 5.23. The lowest BCUT2D eigenvalue weighted by Crippen LogP contribution is -2.45. The van der Waals surface area contributed by atoms with Crippen LogP contribution in [0.3, 0.4) is 0 Å². The molecule has 5 heteroatoms. The smallest absolute Gasteiger partial charge is 0.251 e. The van der Waals surface area contributed by atoms with Crippen molar-refractivity contribution in [3.05, 3.63) is 102 Å². The Bertz CT molecular complexity index is 958. The fourth-order valence-electron chi connectivity index (χ4n) is 3.16. The van der Waals surface area contributed by atoms with Crippen LogP contribution in [0.25, 0.3) is 0 Å². The molecule has 0 bridgehead atoms. The van der Waals surface area contributed by atoms with Gasteiger partial charge >= 0.3 is 0 Å². The molecule has 0 radical (unpaired) electrons. The molecule has 0 unspecified atom stereocenters. The van der Waals surface area contributed by atoms with Crippen LogP contribution in [0.1, 0.15) is 21.5 Å². The SMILES string of the molecule is COc1cccc(CNCC(=O)[C@H](Cc2ccccc2)NC(=O)c2ccccc2)c1. The minimum absolute atomic E-state index is 0.0639. The predicted octanol–water partition coefficient (Wildman–Crippen LogP) is 3.40. The van der Waals surface area contributed by atoms with Crippen molar-refractivity contribution in [2.75, 3.05) is 13.7 Å². The quantitative estimate of drug-likeness (QED) is 0.546. The van der Waals surface area contributed by atoms with Crippen molar-refractivity contribution in [3.63, 3.8) is 0 Å². The van der Waals surface area contributed by atoms with Crippen LogP contribution < -0.4 is 15.4 Å². The summed E-state index contributed by atoms with van der Waals surface area (Å²) in [5.41, 5.74) is 2.56. The van der Waals surface area contributed by atoms with Crippen LogP contribution in [0.15, 0.2) is 84.9 Å². The first-order valence-electron chi connectivity index (χ1n) is 9.92. The number of ketones is 1. The number of benzene rings is 3. The Hall–Kier alpha value is -3.44. The largest absolute Gasteiger partial charge is 0.497 e. The molecule has 0 fully saturated rings. The number of hydrogen-bond donors (Lipinski definition) is 2. The molecule has 154 valence electrons. The van der Waals surface area contributed by atoms with Crippen molar-refractivity contribution < 1.29 is 14.3 Å². The second-order valence-corrected chi connectivity index (χ2v) is 7.00. The number of rotatable bonds is 10. The minimum Gasteiger partial charge on any atom is -0.497 e. The summed E-state index contributed by atoms with van der Waals surface area (Å²) in [7, 11) is 1.62. The number of methoxy groups -OCH3 is 1. The summed E-state index contributed by atoms with van der Waals surface area (Å²) in [5, 5.41) is 6.08. The highest BCUT2D eigenvalue weighted by Gasteiger charge is 2.21. The van der Waals surface area contributed by atoms with Crippen LogP contribution in [0, 0.1) is 0 Å². The van der Waals surface area contributed by atoms with Gasteiger partial charge in [-0.25, -0.2) is 0 Å². The third kappa shape index (κ3) is 6.29. The summed E-state index contributed by atoms with van der Waals surface area (Å²) in [6.07, 6.45) is 0.444. The molecule has 0 saturated heterocycles. The molecule has 3 aromatic carbocycles. The average molecular weight is 402 g/mol. The molecule has 0 spiro atoms. The van der Waals surface area contributed by atoms with E-state index in [-0.39, 0.29) is 18.2 Å². The van der Waals surface area contributed by atoms with Gasteiger partial charge in [-0.15, -0.1) is 0 Å². The molecule has 1 amide bonds. The second kappa shape index (κ2) is 10.9. The van der Waals surface area contributed by atoms with Crippen molar-refractivity contribution in [2.24, 2.45) is 0 Å². The van der Waals surface area contributed by atoms with Gasteiger partial charge in [0.2, 0.25) is 0 Å². The zero-order chi connectivity index (χ0) is 21.2. The Morgan fingerprint density at radius 1 is 0.867 bits per heavy atom. The summed E-state index contributed by atoms with van der Waals surface area (Å²) >= 11 is 0. The summed E-state index contributed by atoms with van der Waals surface area (Å²) in [6.45, 7) is 0.692. The summed E-state index contributed by atoms with van der Waals surface area (Å²) in [6, 6.07) is 25.7. The molecule has 30 heavy (non-hydrogen) atoms. The average Bonchev–Trinajstić information content (AvgIpc) is 2.80. The van der Waals surface area contributed by atoms with E-state index < -0.39 is 6.04 Å². The van der Waals surface area contributed by atoms with Crippen LogP contribution >= 0.6 is 0 Å². The van der Waals surface area contributed by atoms with E-state index in [1.165, 1.54) is 0 Å². The maximum atomic E-state index is 12.9. The summed E-state index contributed by atoms with van der Waals surface area (Å²) in [5.74, 6) is 0.460. The normalized spacial score (nSPS) is 11.5. The standard InChI is InChI=1S/C25H26N2O3/c1-30-22-14-8-11-20(15-22)17-26-18-24(28)23(16-19-9-4-2-5-10-19)27-25(29)21-12-6-3-7-13-21/h2-15,23,26H,16-18H2,1H3,(H,27,29)/t23-/m0/s1. The molecular formula is C25H26N2O3. The van der Waals surface area contributed by atoms with E-state index in [9.17, 15) is 9.59 Å². The predicted molar refractivity (Wildman–Crippen MR) is 118 cm³/mol. The van der Waals surface area contributed by atoms with E-state index in [2.05, 4.69) is 10.6 Å². The van der Waals surface area contributed by atoms with Gasteiger partial charge in [0.05, 0.1) is 19.7 Å². The van der Waals surface area contributed by atoms with Gasteiger partial charge in [-0.1, -0.05) is 60.7 Å². The molecule has 0 aromatic heterocycles. The van der Waals surface area contributed by atoms with Gasteiger partial charge in [0.15, 0.2) is 5.78 Å². The molecule has 0 aliphatic carbocycles. The van der Waals surface area contributed by atoms with Crippen LogP contribution in [0.2, 0.25) is 0 Å². The van der Waals surface area contributed by atoms with E-state index in [0.29, 0.717) is 18.5 Å². The first kappa shape index (κ1) is 21.3. The van der Waals surface area contributed by atoms with Gasteiger partial charge in [-0.3, -0.25) is 9.59 Å². The van der Waals surface area contributed by atoms with Crippen LogP contribution in [-0.2, 0) is 17.8 Å². The Balaban J connectivity index is 1.64. The first-order valence-corrected chi connectivity index (χ1v) is 9.92. The van der Waals surface area contributed by atoms with Crippen molar-refractivity contribution in [1.29, 1.82) is 0 Å². The monoisotopic (exact) mass is 402 g/mol. The number of nitrogens with one attached hydrogen (secondary N) is 2. The van der Waals surface area contributed by atoms with E-state index in [1.807, 2.05) is 60.7 Å². The van der Waals surface area contributed by atoms with Gasteiger partial charge in [0, 0.05) is 12.1 Å². The lowest BCUT2D eigenvalue weighted by molar-refractivity contribution is -0.120. The van der Waals surface area contributed by atoms with Gasteiger partial charge < -0.3 is 15.4 Å². The molecule has 5 nitrogen and oxygen atoms in total. The van der Waals surface area contributed by atoms with E-state index in [4.69, 9.17) is 4.74 Å². The maximum absolute atomic E-state index is 12.9. The highest BCUT2D eigenvalue weighted by Crippen LogP contribution is 2.12. The zero-order valence-electron chi connectivity index (χ0n) is 17.0. The molecule has 0 aliphatic heterocycles. The number of carbonyl (C=O) groups is 2. The number of Topliss-reactive ketones (excluding diaryl/α,β-unsaturated/α-hetero) is 1. The molecule has 3 rings (SSSR count). The lowest BCUT2D eigenvalue weighted by Gasteiger charge is -2.18. The fraction of sp³-hybridized carbons (Fsp3) is 0.200. The van der Waals surface area contributed by atoms with Crippen LogP contribution in [0.4, 0.5) is 0 Å². The Labute approximate surface area is 177 Å². The number of amides is 1. The van der Waals surface area contributed by atoms with E-state index >= 15 is 0 Å². The molecule has 3 aromatic rings. The minimum atomic E-state index is -0.613. The van der Waals surface area contributed by atoms with Crippen molar-refractivity contribution >= 4 is 11.7 Å². The van der Waals surface area contributed by atoms with Crippen molar-refractivity contribution in [2.45, 2.75) is 19.0 Å². The van der Waals surface area contributed by atoms with Crippen molar-refractivity contribution in [1.82, 2.24) is 10.6 Å². The van der Waals surface area contributed by atoms with Gasteiger partial charge in [0.1, 0.15) is 5.75 Å². The number of hydrogen-bond acceptors (Lipinski definition) is 4. The van der Waals surface area contributed by atoms with E-state index in [1.54, 1.807) is 31.4 Å². The molecule has 0 heterocycles. The topological polar surface area (TPSA) is 67.4 Å². The van der Waals surface area contributed by atoms with Crippen LogP contribution in [-0.4, -0.2) is 31.4 Å². The van der Waals surface area contributed by atoms with Gasteiger partial charge in [0.25, 0.3) is 5.91 Å². The fourth-order valence-corrected chi connectivity index (χ4v) is 3.16. The molecular weight excluding hydrogens is 376 g/mol. The third-order valence-electron chi connectivity index (χ3n) is 4.78. The van der Waals surface area contributed by atoms with E-state index in [0.717, 1.165) is 16.9 Å². The molecule has 1 atom stereocenters. The first-order chi connectivity index (χ1) is 14.7. The summed E-state index contributed by atoms with van der Waals surface area (Å²) in [4.78, 5) is 25.5. The molecule has 2 N–H and O–H groups in total. The highest BCUT2D eigenvalue weighted by molar-refractivity contribution is 5.98. The van der Waals surface area contributed by atoms with Crippen molar-refractivity contribution in [3.8, 4) is 5.75 Å². The zero-order valence-corrected chi connectivity index (χ0v) is 17.0. The second-order valence-electron chi connectivity index (χ2n) is 7.00. The van der Waals surface area contributed by atoms with Gasteiger partial charge in [-0.2, -0.15) is 0 Å². The molecule has 0 aliphatic rings. The van der Waals surface area contributed by atoms with Gasteiger partial charge in [-0.05, 0) is 41.8 Å². The highest BCUT2D eigenvalue weighted by atomic mass is 16.5. The number of ether oxygens (including phenoxy) is 1. The Morgan fingerprint density at radius 2 is 1.53 bits per heavy atom. The number of carbonyl (C=O) groups excluding carboxylic acids is 2. The maximum Gasteiger partial charge on any atom is 0.251 e. The Kier molecular flexibility index (Phi) is 7.75.